The van der Waals surface area contributed by atoms with Crippen LogP contribution < -0.4 is 16.4 Å². The van der Waals surface area contributed by atoms with E-state index in [2.05, 4.69) is 10.6 Å². The van der Waals surface area contributed by atoms with Gasteiger partial charge < -0.3 is 26.4 Å². The third-order valence-electron chi connectivity index (χ3n) is 5.89. The smallest absolute Gasteiger partial charge is 0.312 e. The summed E-state index contributed by atoms with van der Waals surface area (Å²) >= 11 is 0. The number of hydrogen-bond acceptors (Lipinski definition) is 5. The Labute approximate surface area is 196 Å². The van der Waals surface area contributed by atoms with Gasteiger partial charge >= 0.3 is 17.8 Å². The second-order valence-corrected chi connectivity index (χ2v) is 8.18. The molecule has 1 aliphatic rings. The lowest BCUT2D eigenvalue weighted by atomic mass is 9.80. The van der Waals surface area contributed by atoms with Crippen molar-refractivity contribution in [3.63, 3.8) is 0 Å². The van der Waals surface area contributed by atoms with Crippen molar-refractivity contribution in [2.45, 2.75) is 25.3 Å². The third kappa shape index (κ3) is 5.22. The number of nitrogen functional groups attached to an aromatic ring is 1. The zero-order valence-corrected chi connectivity index (χ0v) is 18.8. The number of aliphatic carboxylic acids is 1. The standard InChI is InChI=1S/C24H27N5O5/c1-15-2-8-18(9-3-15)24(14-19(30)31,29-13-12-28-22(33)23(29)34)10-11-27-21(32)17-6-4-16(5-7-17)20(25)26/h2-9H,10-14H2,1H3,(H3,25,26)(H,27,32)(H,28,33)(H,30,31). The van der Waals surface area contributed by atoms with E-state index in [1.165, 1.54) is 17.0 Å². The first-order valence-electron chi connectivity index (χ1n) is 10.8. The molecule has 1 saturated heterocycles. The van der Waals surface area contributed by atoms with Crippen molar-refractivity contribution in [3.05, 3.63) is 70.8 Å². The average Bonchev–Trinajstić information content (AvgIpc) is 2.80. The molecule has 0 aliphatic carbocycles. The molecule has 0 aromatic heterocycles. The number of benzene rings is 2. The first-order valence-corrected chi connectivity index (χ1v) is 10.8. The molecule has 3 rings (SSSR count). The lowest BCUT2D eigenvalue weighted by Gasteiger charge is -2.45. The largest absolute Gasteiger partial charge is 0.481 e. The molecule has 178 valence electrons. The van der Waals surface area contributed by atoms with E-state index in [1.807, 2.05) is 19.1 Å². The number of nitrogens with two attached hydrogens (primary N) is 1. The molecule has 1 aliphatic heterocycles. The third-order valence-corrected chi connectivity index (χ3v) is 5.89. The average molecular weight is 466 g/mol. The number of nitrogens with zero attached hydrogens (tertiary/aromatic N) is 1. The van der Waals surface area contributed by atoms with E-state index in [1.54, 1.807) is 24.3 Å². The van der Waals surface area contributed by atoms with Crippen LogP contribution in [0.2, 0.25) is 0 Å². The SMILES string of the molecule is Cc1ccc(C(CCNC(=O)c2ccc(C(=N)N)cc2)(CC(=O)O)N2CCNC(=O)C2=O)cc1. The molecule has 1 heterocycles. The van der Waals surface area contributed by atoms with Gasteiger partial charge in [0.05, 0.1) is 12.0 Å². The number of nitrogens with one attached hydrogen (secondary N) is 3. The zero-order valence-electron chi connectivity index (χ0n) is 18.8. The Kier molecular flexibility index (Phi) is 7.30. The maximum atomic E-state index is 12.8. The Balaban J connectivity index is 1.89. The van der Waals surface area contributed by atoms with Gasteiger partial charge in [0.15, 0.2) is 0 Å². The van der Waals surface area contributed by atoms with Gasteiger partial charge in [0.1, 0.15) is 5.84 Å². The number of amidine groups is 1. The molecule has 0 bridgehead atoms. The van der Waals surface area contributed by atoms with Gasteiger partial charge in [-0.3, -0.25) is 24.6 Å². The minimum atomic E-state index is -1.33. The molecule has 3 amide bonds. The molecule has 1 unspecified atom stereocenters. The second-order valence-electron chi connectivity index (χ2n) is 8.18. The van der Waals surface area contributed by atoms with Crippen molar-refractivity contribution in [2.24, 2.45) is 5.73 Å². The van der Waals surface area contributed by atoms with Crippen LogP contribution >= 0.6 is 0 Å². The molecule has 34 heavy (non-hydrogen) atoms. The minimum absolute atomic E-state index is 0.0554. The normalized spacial score (nSPS) is 15.3. The Morgan fingerprint density at radius 1 is 1.12 bits per heavy atom. The van der Waals surface area contributed by atoms with Crippen molar-refractivity contribution in [1.29, 1.82) is 5.41 Å². The summed E-state index contributed by atoms with van der Waals surface area (Å²) in [5.41, 5.74) is 6.46. The summed E-state index contributed by atoms with van der Waals surface area (Å²) in [7, 11) is 0. The lowest BCUT2D eigenvalue weighted by Crippen LogP contribution is -2.61. The van der Waals surface area contributed by atoms with Gasteiger partial charge in [-0.1, -0.05) is 42.0 Å². The first kappa shape index (κ1) is 24.4. The molecule has 1 atom stereocenters. The number of carboxylic acids is 1. The number of carbonyl (C=O) groups is 4. The number of amides is 3. The lowest BCUT2D eigenvalue weighted by molar-refractivity contribution is -0.156. The number of carbonyl (C=O) groups excluding carboxylic acids is 3. The van der Waals surface area contributed by atoms with Crippen molar-refractivity contribution in [1.82, 2.24) is 15.5 Å². The summed E-state index contributed by atoms with van der Waals surface area (Å²) < 4.78 is 0. The van der Waals surface area contributed by atoms with Crippen LogP contribution in [0.3, 0.4) is 0 Å². The van der Waals surface area contributed by atoms with E-state index < -0.39 is 35.7 Å². The summed E-state index contributed by atoms with van der Waals surface area (Å²) in [5, 5.41) is 22.4. The van der Waals surface area contributed by atoms with E-state index in [-0.39, 0.29) is 31.9 Å². The summed E-state index contributed by atoms with van der Waals surface area (Å²) in [6.07, 6.45) is -0.350. The van der Waals surface area contributed by atoms with Gasteiger partial charge in [-0.15, -0.1) is 0 Å². The van der Waals surface area contributed by atoms with Gasteiger partial charge in [0, 0.05) is 30.8 Å². The van der Waals surface area contributed by atoms with Gasteiger partial charge in [0.25, 0.3) is 5.91 Å². The Morgan fingerprint density at radius 3 is 2.32 bits per heavy atom. The Morgan fingerprint density at radius 2 is 1.74 bits per heavy atom. The van der Waals surface area contributed by atoms with Crippen molar-refractivity contribution >= 4 is 29.5 Å². The van der Waals surface area contributed by atoms with Gasteiger partial charge in [-0.05, 0) is 31.0 Å². The van der Waals surface area contributed by atoms with E-state index in [0.717, 1.165) is 5.56 Å². The Bertz CT molecular complexity index is 1110. The van der Waals surface area contributed by atoms with Crippen LogP contribution in [0.5, 0.6) is 0 Å². The van der Waals surface area contributed by atoms with E-state index in [9.17, 15) is 24.3 Å². The van der Waals surface area contributed by atoms with Gasteiger partial charge in [0.2, 0.25) is 0 Å². The highest BCUT2D eigenvalue weighted by molar-refractivity contribution is 6.35. The minimum Gasteiger partial charge on any atom is -0.481 e. The molecule has 10 nitrogen and oxygen atoms in total. The van der Waals surface area contributed by atoms with Crippen molar-refractivity contribution in [3.8, 4) is 0 Å². The van der Waals surface area contributed by atoms with Gasteiger partial charge in [-0.2, -0.15) is 0 Å². The fraction of sp³-hybridized carbons (Fsp3) is 0.292. The zero-order chi connectivity index (χ0) is 24.9. The highest BCUT2D eigenvalue weighted by atomic mass is 16.4. The fourth-order valence-corrected chi connectivity index (χ4v) is 4.11. The van der Waals surface area contributed by atoms with Crippen molar-refractivity contribution < 1.29 is 24.3 Å². The molecule has 2 aromatic rings. The number of rotatable bonds is 9. The summed E-state index contributed by atoms with van der Waals surface area (Å²) in [6.45, 7) is 2.29. The molecular weight excluding hydrogens is 438 g/mol. The quantitative estimate of drug-likeness (QED) is 0.208. The molecule has 0 radical (unpaired) electrons. The Hall–Kier alpha value is -4.21. The maximum Gasteiger partial charge on any atom is 0.312 e. The predicted molar refractivity (Wildman–Crippen MR) is 124 cm³/mol. The first-order chi connectivity index (χ1) is 16.1. The van der Waals surface area contributed by atoms with Gasteiger partial charge in [-0.25, -0.2) is 0 Å². The van der Waals surface area contributed by atoms with E-state index in [0.29, 0.717) is 16.7 Å². The molecular formula is C24H27N5O5. The van der Waals surface area contributed by atoms with E-state index in [4.69, 9.17) is 11.1 Å². The van der Waals surface area contributed by atoms with Crippen LogP contribution in [0.25, 0.3) is 0 Å². The molecule has 6 N–H and O–H groups in total. The van der Waals surface area contributed by atoms with Crippen LogP contribution in [0.4, 0.5) is 0 Å². The molecule has 1 fully saturated rings. The molecule has 0 saturated carbocycles. The van der Waals surface area contributed by atoms with Crippen LogP contribution in [0, 0.1) is 12.3 Å². The van der Waals surface area contributed by atoms with Crippen molar-refractivity contribution in [2.75, 3.05) is 19.6 Å². The molecule has 10 heteroatoms. The summed E-state index contributed by atoms with van der Waals surface area (Å²) in [4.78, 5) is 50.8. The van der Waals surface area contributed by atoms with Crippen LogP contribution in [-0.4, -0.2) is 59.2 Å². The summed E-state index contributed by atoms with van der Waals surface area (Å²) in [5.74, 6) is -3.24. The highest BCUT2D eigenvalue weighted by Gasteiger charge is 2.46. The van der Waals surface area contributed by atoms with Crippen LogP contribution in [-0.2, 0) is 19.9 Å². The van der Waals surface area contributed by atoms with E-state index >= 15 is 0 Å². The number of carboxylic acid groups (broad SMARTS) is 1. The number of aryl methyl sites for hydroxylation is 1. The monoisotopic (exact) mass is 465 g/mol. The predicted octanol–water partition coefficient (Wildman–Crippen LogP) is 0.728. The van der Waals surface area contributed by atoms with Crippen LogP contribution in [0.1, 0.15) is 39.9 Å². The topological polar surface area (TPSA) is 166 Å². The number of hydrogen-bond donors (Lipinski definition) is 5. The molecule has 2 aromatic carbocycles. The molecule has 0 spiro atoms. The second kappa shape index (κ2) is 10.2. The highest BCUT2D eigenvalue weighted by Crippen LogP contribution is 2.37. The maximum absolute atomic E-state index is 12.8. The summed E-state index contributed by atoms with van der Waals surface area (Å²) in [6, 6.07) is 13.3. The fourth-order valence-electron chi connectivity index (χ4n) is 4.11. The number of piperazine rings is 1. The van der Waals surface area contributed by atoms with Crippen LogP contribution in [0.15, 0.2) is 48.5 Å².